The molecule has 2 rings (SSSR count). The van der Waals surface area contributed by atoms with E-state index in [0.29, 0.717) is 6.04 Å². The number of alkyl halides is 1. The van der Waals surface area contributed by atoms with Crippen LogP contribution in [0.1, 0.15) is 43.0 Å². The highest BCUT2D eigenvalue weighted by Crippen LogP contribution is 2.28. The number of nitro groups is 1. The number of benzene rings is 1. The maximum absolute atomic E-state index is 10.8. The zero-order valence-corrected chi connectivity index (χ0v) is 12.6. The number of nitro benzene ring substituents is 1. The molecule has 1 saturated carbocycles. The Morgan fingerprint density at radius 1 is 1.40 bits per heavy atom. The molecule has 1 aromatic rings. The first kappa shape index (κ1) is 15.3. The SMILES string of the molecule is CN(CC(Cl)c1cccc([N+](=O)[O-])c1)C1CCCCC1. The third kappa shape index (κ3) is 3.93. The van der Waals surface area contributed by atoms with Gasteiger partial charge in [0.25, 0.3) is 5.69 Å². The molecular formula is C15H21ClN2O2. The first-order valence-electron chi connectivity index (χ1n) is 7.16. The van der Waals surface area contributed by atoms with E-state index in [9.17, 15) is 10.1 Å². The van der Waals surface area contributed by atoms with E-state index in [2.05, 4.69) is 11.9 Å². The lowest BCUT2D eigenvalue weighted by atomic mass is 9.94. The molecule has 20 heavy (non-hydrogen) atoms. The van der Waals surface area contributed by atoms with Gasteiger partial charge in [-0.3, -0.25) is 10.1 Å². The Bertz CT molecular complexity index is 461. The number of likely N-dealkylation sites (N-methyl/N-ethyl adjacent to an activating group) is 1. The van der Waals surface area contributed by atoms with Crippen LogP contribution in [-0.2, 0) is 0 Å². The molecule has 0 amide bonds. The molecule has 5 heteroatoms. The van der Waals surface area contributed by atoms with E-state index < -0.39 is 0 Å². The van der Waals surface area contributed by atoms with Crippen LogP contribution >= 0.6 is 11.6 Å². The Morgan fingerprint density at radius 2 is 2.10 bits per heavy atom. The molecule has 0 spiro atoms. The van der Waals surface area contributed by atoms with Gasteiger partial charge in [0.05, 0.1) is 10.3 Å². The van der Waals surface area contributed by atoms with Crippen LogP contribution in [0, 0.1) is 10.1 Å². The van der Waals surface area contributed by atoms with Gasteiger partial charge in [0.15, 0.2) is 0 Å². The summed E-state index contributed by atoms with van der Waals surface area (Å²) in [6.07, 6.45) is 6.38. The molecule has 1 aromatic carbocycles. The van der Waals surface area contributed by atoms with E-state index in [1.165, 1.54) is 38.2 Å². The van der Waals surface area contributed by atoms with Gasteiger partial charge in [-0.05, 0) is 25.5 Å². The van der Waals surface area contributed by atoms with E-state index in [0.717, 1.165) is 12.1 Å². The lowest BCUT2D eigenvalue weighted by Crippen LogP contribution is -2.35. The highest BCUT2D eigenvalue weighted by atomic mass is 35.5. The van der Waals surface area contributed by atoms with Crippen LogP contribution in [0.5, 0.6) is 0 Å². The van der Waals surface area contributed by atoms with Crippen molar-refractivity contribution in [2.45, 2.75) is 43.5 Å². The molecule has 0 N–H and O–H groups in total. The second-order valence-electron chi connectivity index (χ2n) is 5.55. The maximum Gasteiger partial charge on any atom is 0.269 e. The highest BCUT2D eigenvalue weighted by Gasteiger charge is 2.21. The molecule has 0 saturated heterocycles. The Kier molecular flexibility index (Phi) is 5.38. The van der Waals surface area contributed by atoms with Crippen molar-refractivity contribution in [1.29, 1.82) is 0 Å². The van der Waals surface area contributed by atoms with Crippen LogP contribution in [0.15, 0.2) is 24.3 Å². The molecule has 1 aliphatic rings. The standard InChI is InChI=1S/C15H21ClN2O2/c1-17(13-7-3-2-4-8-13)11-15(16)12-6-5-9-14(10-12)18(19)20/h5-6,9-10,13,15H,2-4,7-8,11H2,1H3. The van der Waals surface area contributed by atoms with Gasteiger partial charge in [0, 0.05) is 24.7 Å². The van der Waals surface area contributed by atoms with E-state index in [-0.39, 0.29) is 16.0 Å². The molecule has 1 unspecified atom stereocenters. The normalized spacial score (nSPS) is 18.1. The third-order valence-electron chi connectivity index (χ3n) is 4.09. The summed E-state index contributed by atoms with van der Waals surface area (Å²) in [5.74, 6) is 0. The van der Waals surface area contributed by atoms with Gasteiger partial charge in [-0.1, -0.05) is 31.4 Å². The number of rotatable bonds is 5. The van der Waals surface area contributed by atoms with Crippen molar-refractivity contribution in [3.63, 3.8) is 0 Å². The average molecular weight is 297 g/mol. The van der Waals surface area contributed by atoms with E-state index in [4.69, 9.17) is 11.6 Å². The minimum atomic E-state index is -0.377. The second kappa shape index (κ2) is 7.04. The van der Waals surface area contributed by atoms with Crippen LogP contribution in [0.2, 0.25) is 0 Å². The molecule has 1 atom stereocenters. The fourth-order valence-electron chi connectivity index (χ4n) is 2.86. The van der Waals surface area contributed by atoms with Crippen molar-refractivity contribution in [3.05, 3.63) is 39.9 Å². The van der Waals surface area contributed by atoms with Crippen molar-refractivity contribution in [2.24, 2.45) is 0 Å². The molecule has 0 aromatic heterocycles. The maximum atomic E-state index is 10.8. The summed E-state index contributed by atoms with van der Waals surface area (Å²) in [7, 11) is 2.10. The van der Waals surface area contributed by atoms with Crippen molar-refractivity contribution in [2.75, 3.05) is 13.6 Å². The summed E-state index contributed by atoms with van der Waals surface area (Å²) in [4.78, 5) is 12.7. The highest BCUT2D eigenvalue weighted by molar-refractivity contribution is 6.21. The van der Waals surface area contributed by atoms with Crippen molar-refractivity contribution >= 4 is 17.3 Å². The van der Waals surface area contributed by atoms with Gasteiger partial charge in [0.1, 0.15) is 0 Å². The minimum Gasteiger partial charge on any atom is -0.302 e. The van der Waals surface area contributed by atoms with Crippen LogP contribution < -0.4 is 0 Å². The average Bonchev–Trinajstić information content (AvgIpc) is 2.48. The summed E-state index contributed by atoms with van der Waals surface area (Å²) in [5, 5.41) is 10.6. The molecule has 1 aliphatic carbocycles. The predicted octanol–water partition coefficient (Wildman–Crippen LogP) is 4.14. The second-order valence-corrected chi connectivity index (χ2v) is 6.08. The molecule has 1 fully saturated rings. The van der Waals surface area contributed by atoms with E-state index >= 15 is 0 Å². The molecule has 0 radical (unpaired) electrons. The molecule has 110 valence electrons. The number of hydrogen-bond donors (Lipinski definition) is 0. The smallest absolute Gasteiger partial charge is 0.269 e. The zero-order chi connectivity index (χ0) is 14.5. The van der Waals surface area contributed by atoms with Crippen molar-refractivity contribution in [3.8, 4) is 0 Å². The fraction of sp³-hybridized carbons (Fsp3) is 0.600. The van der Waals surface area contributed by atoms with Crippen LogP contribution in [0.4, 0.5) is 5.69 Å². The molecule has 4 nitrogen and oxygen atoms in total. The van der Waals surface area contributed by atoms with Gasteiger partial charge < -0.3 is 4.90 Å². The largest absolute Gasteiger partial charge is 0.302 e. The zero-order valence-electron chi connectivity index (χ0n) is 11.8. The topological polar surface area (TPSA) is 46.4 Å². The summed E-state index contributed by atoms with van der Waals surface area (Å²) in [6, 6.07) is 7.23. The predicted molar refractivity (Wildman–Crippen MR) is 81.2 cm³/mol. The quantitative estimate of drug-likeness (QED) is 0.466. The molecule has 0 aliphatic heterocycles. The van der Waals surface area contributed by atoms with Gasteiger partial charge in [-0.25, -0.2) is 0 Å². The lowest BCUT2D eigenvalue weighted by molar-refractivity contribution is -0.384. The number of halogens is 1. The van der Waals surface area contributed by atoms with Crippen molar-refractivity contribution in [1.82, 2.24) is 4.90 Å². The minimum absolute atomic E-state index is 0.105. The first-order valence-corrected chi connectivity index (χ1v) is 7.60. The Balaban J connectivity index is 1.98. The summed E-state index contributed by atoms with van der Waals surface area (Å²) in [6.45, 7) is 0.730. The molecule has 0 bridgehead atoms. The number of non-ortho nitro benzene ring substituents is 1. The van der Waals surface area contributed by atoms with Crippen LogP contribution in [0.25, 0.3) is 0 Å². The van der Waals surface area contributed by atoms with Gasteiger partial charge in [-0.15, -0.1) is 11.6 Å². The van der Waals surface area contributed by atoms with E-state index in [1.807, 2.05) is 6.07 Å². The van der Waals surface area contributed by atoms with E-state index in [1.54, 1.807) is 12.1 Å². The third-order valence-corrected chi connectivity index (χ3v) is 4.48. The monoisotopic (exact) mass is 296 g/mol. The molecular weight excluding hydrogens is 276 g/mol. The van der Waals surface area contributed by atoms with Gasteiger partial charge in [-0.2, -0.15) is 0 Å². The fourth-order valence-corrected chi connectivity index (χ4v) is 3.22. The number of hydrogen-bond acceptors (Lipinski definition) is 3. The lowest BCUT2D eigenvalue weighted by Gasteiger charge is -2.32. The Labute approximate surface area is 124 Å². The summed E-state index contributed by atoms with van der Waals surface area (Å²) in [5.41, 5.74) is 0.928. The Morgan fingerprint density at radius 3 is 2.75 bits per heavy atom. The summed E-state index contributed by atoms with van der Waals surface area (Å²) < 4.78 is 0. The molecule has 0 heterocycles. The van der Waals surface area contributed by atoms with Crippen molar-refractivity contribution < 1.29 is 4.92 Å². The Hall–Kier alpha value is -1.13. The van der Waals surface area contributed by atoms with Crippen LogP contribution in [-0.4, -0.2) is 29.5 Å². The van der Waals surface area contributed by atoms with Gasteiger partial charge >= 0.3 is 0 Å². The van der Waals surface area contributed by atoms with Crippen LogP contribution in [0.3, 0.4) is 0 Å². The number of nitrogens with zero attached hydrogens (tertiary/aromatic N) is 2. The summed E-state index contributed by atoms with van der Waals surface area (Å²) >= 11 is 6.43. The first-order chi connectivity index (χ1) is 9.58. The van der Waals surface area contributed by atoms with Gasteiger partial charge in [0.2, 0.25) is 0 Å².